The molecule has 2 heteroatoms. The van der Waals surface area contributed by atoms with Gasteiger partial charge in [0, 0.05) is 6.61 Å². The molecule has 16 heavy (non-hydrogen) atoms. The fraction of sp³-hybridized carbons (Fsp3) is 0.571. The Balaban J connectivity index is 2.81. The van der Waals surface area contributed by atoms with Gasteiger partial charge < -0.3 is 9.47 Å². The molecule has 0 aliphatic carbocycles. The minimum Gasteiger partial charge on any atom is -0.488 e. The van der Waals surface area contributed by atoms with Crippen molar-refractivity contribution in [2.45, 2.75) is 46.8 Å². The summed E-state index contributed by atoms with van der Waals surface area (Å²) < 4.78 is 11.3. The molecule has 0 atom stereocenters. The molecular formula is C14H22O2. The van der Waals surface area contributed by atoms with Gasteiger partial charge in [0.15, 0.2) is 0 Å². The summed E-state index contributed by atoms with van der Waals surface area (Å²) in [5, 5.41) is 0. The first-order valence-corrected chi connectivity index (χ1v) is 5.78. The number of aryl methyl sites for hydroxylation is 1. The van der Waals surface area contributed by atoms with Crippen molar-refractivity contribution in [1.29, 1.82) is 0 Å². The molecule has 0 amide bonds. The Morgan fingerprint density at radius 3 is 2.38 bits per heavy atom. The van der Waals surface area contributed by atoms with Gasteiger partial charge in [0.25, 0.3) is 0 Å². The maximum atomic E-state index is 5.85. The Bertz CT molecular complexity index is 337. The van der Waals surface area contributed by atoms with Crippen LogP contribution in [0.3, 0.4) is 0 Å². The van der Waals surface area contributed by atoms with Crippen molar-refractivity contribution in [3.8, 4) is 5.75 Å². The van der Waals surface area contributed by atoms with Crippen molar-refractivity contribution in [3.63, 3.8) is 0 Å². The summed E-state index contributed by atoms with van der Waals surface area (Å²) in [7, 11) is 0. The van der Waals surface area contributed by atoms with E-state index in [2.05, 4.69) is 39.8 Å². The Morgan fingerprint density at radius 2 is 1.81 bits per heavy atom. The molecule has 1 aromatic carbocycles. The maximum Gasteiger partial charge on any atom is 0.120 e. The van der Waals surface area contributed by atoms with Gasteiger partial charge >= 0.3 is 0 Å². The molecule has 1 rings (SSSR count). The smallest absolute Gasteiger partial charge is 0.120 e. The number of benzene rings is 1. The van der Waals surface area contributed by atoms with Crippen molar-refractivity contribution in [2.75, 3.05) is 6.61 Å². The van der Waals surface area contributed by atoms with Gasteiger partial charge in [-0.05, 0) is 57.9 Å². The molecule has 90 valence electrons. The van der Waals surface area contributed by atoms with Crippen LogP contribution in [0.5, 0.6) is 5.75 Å². The first kappa shape index (κ1) is 13.0. The summed E-state index contributed by atoms with van der Waals surface area (Å²) in [6, 6.07) is 6.24. The molecule has 0 aromatic heterocycles. The molecule has 0 unspecified atom stereocenters. The van der Waals surface area contributed by atoms with Gasteiger partial charge in [-0.3, -0.25) is 0 Å². The third-order valence-corrected chi connectivity index (χ3v) is 2.01. The van der Waals surface area contributed by atoms with Crippen LogP contribution in [0.25, 0.3) is 0 Å². The van der Waals surface area contributed by atoms with E-state index in [0.717, 1.165) is 12.4 Å². The second-order valence-electron chi connectivity index (χ2n) is 5.01. The maximum absolute atomic E-state index is 5.85. The van der Waals surface area contributed by atoms with E-state index in [1.165, 1.54) is 11.1 Å². The lowest BCUT2D eigenvalue weighted by atomic mass is 10.1. The average molecular weight is 222 g/mol. The van der Waals surface area contributed by atoms with E-state index in [1.807, 2.05) is 13.0 Å². The normalized spacial score (nSPS) is 11.6. The molecule has 2 nitrogen and oxygen atoms in total. The van der Waals surface area contributed by atoms with Crippen LogP contribution >= 0.6 is 0 Å². The SMILES string of the molecule is CCOCc1cc(C)cc(OC(C)(C)C)c1. The standard InChI is InChI=1S/C14H22O2/c1-6-15-10-12-7-11(2)8-13(9-12)16-14(3,4)5/h7-9H,6,10H2,1-5H3. The van der Waals surface area contributed by atoms with E-state index < -0.39 is 0 Å². The zero-order chi connectivity index (χ0) is 12.2. The van der Waals surface area contributed by atoms with Gasteiger partial charge in [-0.15, -0.1) is 0 Å². The van der Waals surface area contributed by atoms with Crippen LogP contribution in [0.15, 0.2) is 18.2 Å². The second-order valence-corrected chi connectivity index (χ2v) is 5.01. The molecule has 0 aliphatic heterocycles. The van der Waals surface area contributed by atoms with Crippen molar-refractivity contribution in [1.82, 2.24) is 0 Å². The fourth-order valence-corrected chi connectivity index (χ4v) is 1.54. The van der Waals surface area contributed by atoms with Gasteiger partial charge in [-0.1, -0.05) is 6.07 Å². The first-order valence-electron chi connectivity index (χ1n) is 5.78. The minimum absolute atomic E-state index is 0.156. The van der Waals surface area contributed by atoms with Gasteiger partial charge in [-0.2, -0.15) is 0 Å². The summed E-state index contributed by atoms with van der Waals surface area (Å²) >= 11 is 0. The van der Waals surface area contributed by atoms with Gasteiger partial charge in [0.1, 0.15) is 11.4 Å². The quantitative estimate of drug-likeness (QED) is 0.773. The second kappa shape index (κ2) is 5.35. The Kier molecular flexibility index (Phi) is 4.36. The Morgan fingerprint density at radius 1 is 1.12 bits per heavy atom. The third kappa shape index (κ3) is 4.67. The lowest BCUT2D eigenvalue weighted by molar-refractivity contribution is 0.125. The molecule has 0 aliphatic rings. The van der Waals surface area contributed by atoms with E-state index >= 15 is 0 Å². The molecule has 0 spiro atoms. The average Bonchev–Trinajstić information content (AvgIpc) is 2.10. The number of rotatable bonds is 4. The lowest BCUT2D eigenvalue weighted by Crippen LogP contribution is -2.23. The van der Waals surface area contributed by atoms with Gasteiger partial charge in [0.2, 0.25) is 0 Å². The summed E-state index contributed by atoms with van der Waals surface area (Å²) in [4.78, 5) is 0. The zero-order valence-corrected chi connectivity index (χ0v) is 11.0. The van der Waals surface area contributed by atoms with Crippen molar-refractivity contribution in [2.24, 2.45) is 0 Å². The monoisotopic (exact) mass is 222 g/mol. The van der Waals surface area contributed by atoms with E-state index in [0.29, 0.717) is 6.61 Å². The van der Waals surface area contributed by atoms with E-state index in [1.54, 1.807) is 0 Å². The lowest BCUT2D eigenvalue weighted by Gasteiger charge is -2.22. The molecule has 0 saturated carbocycles. The topological polar surface area (TPSA) is 18.5 Å². The number of ether oxygens (including phenoxy) is 2. The van der Waals surface area contributed by atoms with E-state index in [4.69, 9.17) is 9.47 Å². The molecule has 0 saturated heterocycles. The van der Waals surface area contributed by atoms with Crippen molar-refractivity contribution < 1.29 is 9.47 Å². The number of hydrogen-bond donors (Lipinski definition) is 0. The highest BCUT2D eigenvalue weighted by Gasteiger charge is 2.12. The van der Waals surface area contributed by atoms with Crippen molar-refractivity contribution in [3.05, 3.63) is 29.3 Å². The molecule has 0 heterocycles. The minimum atomic E-state index is -0.156. The largest absolute Gasteiger partial charge is 0.488 e. The summed E-state index contributed by atoms with van der Waals surface area (Å²) in [5.74, 6) is 0.919. The molecule has 0 N–H and O–H groups in total. The summed E-state index contributed by atoms with van der Waals surface area (Å²) in [6.07, 6.45) is 0. The number of hydrogen-bond acceptors (Lipinski definition) is 2. The summed E-state index contributed by atoms with van der Waals surface area (Å²) in [6.45, 7) is 11.6. The van der Waals surface area contributed by atoms with Crippen LogP contribution in [0.4, 0.5) is 0 Å². The highest BCUT2D eigenvalue weighted by Crippen LogP contribution is 2.22. The van der Waals surface area contributed by atoms with Gasteiger partial charge in [0.05, 0.1) is 6.61 Å². The molecule has 1 aromatic rings. The van der Waals surface area contributed by atoms with Crippen LogP contribution in [0.1, 0.15) is 38.8 Å². The Labute approximate surface area is 98.6 Å². The first-order chi connectivity index (χ1) is 7.40. The van der Waals surface area contributed by atoms with Crippen LogP contribution in [-0.2, 0) is 11.3 Å². The van der Waals surface area contributed by atoms with Crippen LogP contribution in [0, 0.1) is 6.92 Å². The summed E-state index contributed by atoms with van der Waals surface area (Å²) in [5.41, 5.74) is 2.22. The molecular weight excluding hydrogens is 200 g/mol. The van der Waals surface area contributed by atoms with Gasteiger partial charge in [-0.25, -0.2) is 0 Å². The predicted molar refractivity (Wildman–Crippen MR) is 66.9 cm³/mol. The highest BCUT2D eigenvalue weighted by molar-refractivity contribution is 5.33. The van der Waals surface area contributed by atoms with E-state index in [9.17, 15) is 0 Å². The van der Waals surface area contributed by atoms with Crippen LogP contribution < -0.4 is 4.74 Å². The Hall–Kier alpha value is -1.02. The zero-order valence-electron chi connectivity index (χ0n) is 11.0. The fourth-order valence-electron chi connectivity index (χ4n) is 1.54. The van der Waals surface area contributed by atoms with Crippen molar-refractivity contribution >= 4 is 0 Å². The van der Waals surface area contributed by atoms with Crippen LogP contribution in [-0.4, -0.2) is 12.2 Å². The molecule has 0 fully saturated rings. The molecule has 0 bridgehead atoms. The van der Waals surface area contributed by atoms with Crippen LogP contribution in [0.2, 0.25) is 0 Å². The molecule has 0 radical (unpaired) electrons. The third-order valence-electron chi connectivity index (χ3n) is 2.01. The predicted octanol–water partition coefficient (Wildman–Crippen LogP) is 3.71. The van der Waals surface area contributed by atoms with E-state index in [-0.39, 0.29) is 5.60 Å². The highest BCUT2D eigenvalue weighted by atomic mass is 16.5.